The van der Waals surface area contributed by atoms with Gasteiger partial charge in [-0.05, 0) is 37.1 Å². The second-order valence-corrected chi connectivity index (χ2v) is 8.82. The maximum absolute atomic E-state index is 12.9. The summed E-state index contributed by atoms with van der Waals surface area (Å²) in [6, 6.07) is 16.3. The number of carbonyl (C=O) groups excluding carboxylic acids is 2. The zero-order valence-corrected chi connectivity index (χ0v) is 19.3. The molecule has 1 saturated carbocycles. The number of nitrogens with one attached hydrogen (secondary N) is 2. The maximum Gasteiger partial charge on any atom is 0.271 e. The van der Waals surface area contributed by atoms with E-state index >= 15 is 0 Å². The van der Waals surface area contributed by atoms with E-state index in [1.165, 1.54) is 11.3 Å². The summed E-state index contributed by atoms with van der Waals surface area (Å²) in [6.07, 6.45) is 3.68. The van der Waals surface area contributed by atoms with Gasteiger partial charge in [-0.15, -0.1) is 11.3 Å². The molecule has 1 aromatic heterocycles. The molecule has 2 amide bonds. The Hall–Kier alpha value is -3.39. The number of amides is 2. The summed E-state index contributed by atoms with van der Waals surface area (Å²) < 4.78 is 11.1. The highest BCUT2D eigenvalue weighted by Gasteiger charge is 2.29. The van der Waals surface area contributed by atoms with E-state index in [9.17, 15) is 9.59 Å². The fourth-order valence-corrected chi connectivity index (χ4v) is 4.60. The smallest absolute Gasteiger partial charge is 0.271 e. The third-order valence-corrected chi connectivity index (χ3v) is 6.46. The lowest BCUT2D eigenvalue weighted by Crippen LogP contribution is -2.53. The number of hydrogen-bond donors (Lipinski definition) is 2. The van der Waals surface area contributed by atoms with Crippen molar-refractivity contribution in [1.29, 1.82) is 0 Å². The lowest BCUT2D eigenvalue weighted by atomic mass is 9.90. The highest BCUT2D eigenvalue weighted by atomic mass is 32.1. The molecule has 7 nitrogen and oxygen atoms in total. The Morgan fingerprint density at radius 1 is 0.939 bits per heavy atom. The third kappa shape index (κ3) is 5.90. The van der Waals surface area contributed by atoms with Gasteiger partial charge >= 0.3 is 0 Å². The zero-order chi connectivity index (χ0) is 23.0. The Bertz CT molecular complexity index is 1090. The lowest BCUT2D eigenvalue weighted by Gasteiger charge is -2.32. The first-order valence-electron chi connectivity index (χ1n) is 11.0. The van der Waals surface area contributed by atoms with Gasteiger partial charge in [-0.1, -0.05) is 43.2 Å². The molecule has 0 radical (unpaired) electrons. The van der Waals surface area contributed by atoms with Crippen LogP contribution in [0.5, 0.6) is 11.5 Å². The molecule has 4 rings (SSSR count). The number of benzene rings is 2. The van der Waals surface area contributed by atoms with E-state index in [0.717, 1.165) is 25.7 Å². The van der Waals surface area contributed by atoms with Crippen LogP contribution in [0.3, 0.4) is 0 Å². The van der Waals surface area contributed by atoms with Crippen molar-refractivity contribution in [2.45, 2.75) is 44.4 Å². The summed E-state index contributed by atoms with van der Waals surface area (Å²) >= 11 is 1.37. The number of thiazole rings is 1. The minimum atomic E-state index is -0.236. The van der Waals surface area contributed by atoms with Gasteiger partial charge in [-0.25, -0.2) is 4.98 Å². The first-order chi connectivity index (χ1) is 16.1. The van der Waals surface area contributed by atoms with Crippen LogP contribution >= 0.6 is 11.3 Å². The van der Waals surface area contributed by atoms with Crippen molar-refractivity contribution < 1.29 is 19.1 Å². The largest absolute Gasteiger partial charge is 0.493 e. The lowest BCUT2D eigenvalue weighted by molar-refractivity contribution is 0.0860. The van der Waals surface area contributed by atoms with Crippen LogP contribution in [0, 0.1) is 0 Å². The standard InChI is InChI=1S/C25H27N3O4S/c1-31-21-13-7-8-14-22(21)32-15-23-26-20(16-33-23)25(30)28-19-12-6-5-11-18(19)27-24(29)17-9-3-2-4-10-17/h2-4,7-10,13-14,16,18-19H,5-6,11-12,15H2,1H3,(H,27,29)(H,28,30)/t18-,19+/m0/s1. The first-order valence-corrected chi connectivity index (χ1v) is 11.9. The van der Waals surface area contributed by atoms with Crippen molar-refractivity contribution in [2.24, 2.45) is 0 Å². The summed E-state index contributed by atoms with van der Waals surface area (Å²) in [6.45, 7) is 0.248. The predicted octanol–water partition coefficient (Wildman–Crippen LogP) is 4.20. The van der Waals surface area contributed by atoms with Crippen molar-refractivity contribution in [3.63, 3.8) is 0 Å². The van der Waals surface area contributed by atoms with E-state index < -0.39 is 0 Å². The van der Waals surface area contributed by atoms with Crippen molar-refractivity contribution >= 4 is 23.2 Å². The zero-order valence-electron chi connectivity index (χ0n) is 18.5. The number of hydrogen-bond acceptors (Lipinski definition) is 6. The normalized spacial score (nSPS) is 17.7. The minimum absolute atomic E-state index is 0.109. The fourth-order valence-electron chi connectivity index (χ4n) is 3.92. The molecule has 0 spiro atoms. The second-order valence-electron chi connectivity index (χ2n) is 7.88. The Morgan fingerprint density at radius 2 is 1.58 bits per heavy atom. The van der Waals surface area contributed by atoms with Crippen LogP contribution in [0.25, 0.3) is 0 Å². The van der Waals surface area contributed by atoms with Crippen LogP contribution in [0.2, 0.25) is 0 Å². The van der Waals surface area contributed by atoms with E-state index in [0.29, 0.717) is 27.8 Å². The van der Waals surface area contributed by atoms with E-state index in [-0.39, 0.29) is 30.5 Å². The highest BCUT2D eigenvalue weighted by molar-refractivity contribution is 7.09. The van der Waals surface area contributed by atoms with Crippen LogP contribution in [-0.2, 0) is 6.61 Å². The van der Waals surface area contributed by atoms with Gasteiger partial charge in [0, 0.05) is 23.0 Å². The van der Waals surface area contributed by atoms with Crippen molar-refractivity contribution in [1.82, 2.24) is 15.6 Å². The number of aromatic nitrogens is 1. The van der Waals surface area contributed by atoms with Crippen LogP contribution in [0.15, 0.2) is 60.0 Å². The van der Waals surface area contributed by atoms with Crippen LogP contribution < -0.4 is 20.1 Å². The Balaban J connectivity index is 1.35. The number of methoxy groups -OCH3 is 1. The van der Waals surface area contributed by atoms with Crippen LogP contribution in [0.4, 0.5) is 0 Å². The highest BCUT2D eigenvalue weighted by Crippen LogP contribution is 2.27. The van der Waals surface area contributed by atoms with Gasteiger partial charge in [0.2, 0.25) is 0 Å². The third-order valence-electron chi connectivity index (χ3n) is 5.64. The first kappa shape index (κ1) is 22.8. The van der Waals surface area contributed by atoms with E-state index in [2.05, 4.69) is 15.6 Å². The number of rotatable bonds is 8. The number of para-hydroxylation sites is 2. The van der Waals surface area contributed by atoms with E-state index in [1.54, 1.807) is 24.6 Å². The minimum Gasteiger partial charge on any atom is -0.493 e. The maximum atomic E-state index is 12.9. The molecule has 2 atom stereocenters. The summed E-state index contributed by atoms with van der Waals surface area (Å²) in [5.74, 6) is 0.917. The molecule has 0 aliphatic heterocycles. The topological polar surface area (TPSA) is 89.6 Å². The van der Waals surface area contributed by atoms with Crippen LogP contribution in [-0.4, -0.2) is 36.0 Å². The van der Waals surface area contributed by atoms with Gasteiger partial charge in [0.1, 0.15) is 17.3 Å². The van der Waals surface area contributed by atoms with Crippen LogP contribution in [0.1, 0.15) is 51.5 Å². The molecule has 2 aromatic carbocycles. The van der Waals surface area contributed by atoms with Gasteiger partial charge in [0.25, 0.3) is 11.8 Å². The Morgan fingerprint density at radius 3 is 2.27 bits per heavy atom. The predicted molar refractivity (Wildman–Crippen MR) is 127 cm³/mol. The summed E-state index contributed by atoms with van der Waals surface area (Å²) in [5, 5.41) is 8.60. The molecule has 1 heterocycles. The van der Waals surface area contributed by atoms with Gasteiger partial charge in [-0.2, -0.15) is 0 Å². The van der Waals surface area contributed by atoms with Gasteiger partial charge in [0.15, 0.2) is 11.5 Å². The second kappa shape index (κ2) is 11.0. The quantitative estimate of drug-likeness (QED) is 0.520. The fraction of sp³-hybridized carbons (Fsp3) is 0.320. The van der Waals surface area contributed by atoms with Gasteiger partial charge in [0.05, 0.1) is 7.11 Å². The molecule has 0 bridgehead atoms. The van der Waals surface area contributed by atoms with E-state index in [4.69, 9.17) is 9.47 Å². The van der Waals surface area contributed by atoms with Crippen molar-refractivity contribution in [3.05, 3.63) is 76.2 Å². The van der Waals surface area contributed by atoms with Crippen molar-refractivity contribution in [3.8, 4) is 11.5 Å². The number of ether oxygens (including phenoxy) is 2. The molecule has 1 aliphatic rings. The molecule has 8 heteroatoms. The Labute approximate surface area is 197 Å². The molecule has 0 unspecified atom stereocenters. The molecule has 33 heavy (non-hydrogen) atoms. The molecule has 1 fully saturated rings. The molecule has 2 N–H and O–H groups in total. The molecular formula is C25H27N3O4S. The summed E-state index contributed by atoms with van der Waals surface area (Å²) in [5.41, 5.74) is 0.977. The summed E-state index contributed by atoms with van der Waals surface area (Å²) in [7, 11) is 1.59. The monoisotopic (exact) mass is 465 g/mol. The summed E-state index contributed by atoms with van der Waals surface area (Å²) in [4.78, 5) is 29.9. The Kier molecular flexibility index (Phi) is 7.57. The number of nitrogens with zero attached hydrogens (tertiary/aromatic N) is 1. The molecule has 3 aromatic rings. The average Bonchev–Trinajstić information content (AvgIpc) is 3.34. The average molecular weight is 466 g/mol. The van der Waals surface area contributed by atoms with Gasteiger partial charge in [-0.3, -0.25) is 9.59 Å². The molecule has 1 aliphatic carbocycles. The van der Waals surface area contributed by atoms with Crippen molar-refractivity contribution in [2.75, 3.05) is 7.11 Å². The molecular weight excluding hydrogens is 438 g/mol. The molecule has 172 valence electrons. The van der Waals surface area contributed by atoms with Gasteiger partial charge < -0.3 is 20.1 Å². The SMILES string of the molecule is COc1ccccc1OCc1nc(C(=O)N[C@@H]2CCCC[C@@H]2NC(=O)c2ccccc2)cs1. The van der Waals surface area contributed by atoms with E-state index in [1.807, 2.05) is 42.5 Å². The number of carbonyl (C=O) groups is 2. The molecule has 0 saturated heterocycles.